The first-order valence-corrected chi connectivity index (χ1v) is 11.4. The van der Waals surface area contributed by atoms with Gasteiger partial charge in [0, 0.05) is 25.9 Å². The van der Waals surface area contributed by atoms with E-state index in [0.717, 1.165) is 17.1 Å². The summed E-state index contributed by atoms with van der Waals surface area (Å²) in [6, 6.07) is 19.0. The molecule has 1 spiro atoms. The van der Waals surface area contributed by atoms with Crippen LogP contribution in [-0.4, -0.2) is 40.7 Å². The van der Waals surface area contributed by atoms with E-state index in [0.29, 0.717) is 48.5 Å². The zero-order chi connectivity index (χ0) is 24.1. The van der Waals surface area contributed by atoms with Gasteiger partial charge in [0.1, 0.15) is 23.3 Å². The Morgan fingerprint density at radius 3 is 2.56 bits per heavy atom. The lowest BCUT2D eigenvalue weighted by Crippen LogP contribution is -2.50. The van der Waals surface area contributed by atoms with Gasteiger partial charge in [-0.1, -0.05) is 18.2 Å². The molecule has 2 aliphatic heterocycles. The van der Waals surface area contributed by atoms with Crippen LogP contribution in [0.1, 0.15) is 54.0 Å². The molecule has 1 aromatic heterocycles. The van der Waals surface area contributed by atoms with Gasteiger partial charge in [-0.15, -0.1) is 0 Å². The van der Waals surface area contributed by atoms with Crippen LogP contribution in [0.4, 0.5) is 0 Å². The fourth-order valence-electron chi connectivity index (χ4n) is 4.98. The number of para-hydroxylation sites is 2. The number of nitrogens with zero attached hydrogens (tertiary/aromatic N) is 3. The van der Waals surface area contributed by atoms with Crippen molar-refractivity contribution in [3.63, 3.8) is 0 Å². The van der Waals surface area contributed by atoms with Crippen LogP contribution in [0, 0.1) is 11.3 Å². The second-order valence-electron chi connectivity index (χ2n) is 9.38. The van der Waals surface area contributed by atoms with Crippen LogP contribution in [0.15, 0.2) is 54.6 Å². The highest BCUT2D eigenvalue weighted by Gasteiger charge is 2.45. The summed E-state index contributed by atoms with van der Waals surface area (Å²) in [7, 11) is 1.53. The fourth-order valence-corrected chi connectivity index (χ4v) is 4.98. The van der Waals surface area contributed by atoms with Gasteiger partial charge in [0.2, 0.25) is 0 Å². The lowest BCUT2D eigenvalue weighted by Gasteiger charge is -2.45. The van der Waals surface area contributed by atoms with E-state index in [1.807, 2.05) is 45.9 Å². The average molecular weight is 458 g/mol. The Balaban J connectivity index is 1.42. The van der Waals surface area contributed by atoms with Gasteiger partial charge in [-0.2, -0.15) is 5.26 Å². The Kier molecular flexibility index (Phi) is 5.14. The Labute approximate surface area is 198 Å². The number of hydrogen-bond donors (Lipinski definition) is 1. The van der Waals surface area contributed by atoms with E-state index < -0.39 is 11.2 Å². The maximum atomic E-state index is 13.4. The zero-order valence-electron chi connectivity index (χ0n) is 19.5. The number of fused-ring (bicyclic) bond motifs is 4. The van der Waals surface area contributed by atoms with Crippen molar-refractivity contribution in [3.8, 4) is 23.3 Å². The Morgan fingerprint density at radius 1 is 1.15 bits per heavy atom. The first kappa shape index (κ1) is 22.1. The first-order chi connectivity index (χ1) is 16.3. The van der Waals surface area contributed by atoms with Crippen LogP contribution in [0.3, 0.4) is 0 Å². The number of methoxy groups -OCH3 is 1. The summed E-state index contributed by atoms with van der Waals surface area (Å²) in [5.41, 5.74) is 1.90. The maximum absolute atomic E-state index is 13.4. The molecule has 0 saturated carbocycles. The van der Waals surface area contributed by atoms with Gasteiger partial charge in [0.15, 0.2) is 5.60 Å². The molecule has 1 saturated heterocycles. The van der Waals surface area contributed by atoms with Crippen molar-refractivity contribution in [2.24, 2.45) is 0 Å². The molecule has 0 unspecified atom stereocenters. The number of amides is 1. The number of hydrogen-bond acceptors (Lipinski definition) is 5. The highest BCUT2D eigenvalue weighted by atomic mass is 16.5. The molecular weight excluding hydrogens is 430 g/mol. The van der Waals surface area contributed by atoms with Crippen LogP contribution in [0.2, 0.25) is 0 Å². The van der Waals surface area contributed by atoms with E-state index in [1.165, 1.54) is 7.11 Å². The number of piperidine rings is 1. The van der Waals surface area contributed by atoms with Crippen molar-refractivity contribution in [1.29, 1.82) is 5.26 Å². The van der Waals surface area contributed by atoms with Crippen molar-refractivity contribution in [3.05, 3.63) is 77.1 Å². The molecule has 0 radical (unpaired) electrons. The highest BCUT2D eigenvalue weighted by molar-refractivity contribution is 5.97. The van der Waals surface area contributed by atoms with Gasteiger partial charge in [-0.25, -0.2) is 0 Å². The predicted molar refractivity (Wildman–Crippen MR) is 126 cm³/mol. The molecule has 1 amide bonds. The average Bonchev–Trinajstić information content (AvgIpc) is 3.29. The monoisotopic (exact) mass is 457 g/mol. The molecule has 5 rings (SSSR count). The Morgan fingerprint density at radius 2 is 1.88 bits per heavy atom. The van der Waals surface area contributed by atoms with Crippen molar-refractivity contribution in [1.82, 2.24) is 9.47 Å². The van der Waals surface area contributed by atoms with E-state index in [2.05, 4.69) is 6.07 Å². The second kappa shape index (κ2) is 7.93. The van der Waals surface area contributed by atoms with E-state index in [-0.39, 0.29) is 5.91 Å². The maximum Gasteiger partial charge on any atom is 0.257 e. The van der Waals surface area contributed by atoms with Gasteiger partial charge in [0.25, 0.3) is 5.91 Å². The molecule has 34 heavy (non-hydrogen) atoms. The Bertz CT molecular complexity index is 1300. The number of aliphatic hydroxyl groups is 1. The number of benzene rings is 2. The summed E-state index contributed by atoms with van der Waals surface area (Å²) in [6.45, 7) is 4.40. The summed E-state index contributed by atoms with van der Waals surface area (Å²) in [6.07, 6.45) is 1.21. The fraction of sp³-hybridized carbons (Fsp3) is 0.333. The standard InChI is InChI=1S/C27H27N3O4/c1-26(2,32)18-8-10-20(23(16-18)33-3)25(31)29-14-12-27(13-15-29)24-11-9-19(17-28)30(24)21-6-4-5-7-22(21)34-27/h4-11,16,32H,12-15H2,1-3H3. The molecule has 7 heteroatoms. The molecule has 3 aromatic rings. The molecule has 0 bridgehead atoms. The number of aromatic nitrogens is 1. The van der Waals surface area contributed by atoms with Gasteiger partial charge < -0.3 is 19.5 Å². The number of carbonyl (C=O) groups is 1. The van der Waals surface area contributed by atoms with Crippen LogP contribution in [0.5, 0.6) is 11.5 Å². The van der Waals surface area contributed by atoms with Crippen LogP contribution >= 0.6 is 0 Å². The third-order valence-corrected chi connectivity index (χ3v) is 6.87. The summed E-state index contributed by atoms with van der Waals surface area (Å²) in [4.78, 5) is 15.2. The summed E-state index contributed by atoms with van der Waals surface area (Å²) in [5, 5.41) is 20.0. The van der Waals surface area contributed by atoms with E-state index in [9.17, 15) is 15.2 Å². The number of likely N-dealkylation sites (tertiary alicyclic amines) is 1. The number of nitriles is 1. The third kappa shape index (κ3) is 3.42. The SMILES string of the molecule is COc1cc(C(C)(C)O)ccc1C(=O)N1CCC2(CC1)Oc1ccccc1-n1c(C#N)ccc12. The van der Waals surface area contributed by atoms with Crippen LogP contribution < -0.4 is 9.47 Å². The molecule has 1 N–H and O–H groups in total. The molecule has 2 aromatic carbocycles. The third-order valence-electron chi connectivity index (χ3n) is 6.87. The molecule has 2 aliphatic rings. The molecular formula is C27H27N3O4. The lowest BCUT2D eigenvalue weighted by molar-refractivity contribution is -0.00945. The van der Waals surface area contributed by atoms with Crippen LogP contribution in [0.25, 0.3) is 5.69 Å². The normalized spacial score (nSPS) is 16.3. The minimum absolute atomic E-state index is 0.113. The van der Waals surface area contributed by atoms with Gasteiger partial charge in [0.05, 0.1) is 29.7 Å². The number of ether oxygens (including phenoxy) is 2. The molecule has 7 nitrogen and oxygen atoms in total. The number of carbonyl (C=O) groups excluding carboxylic acids is 1. The molecule has 1 fully saturated rings. The highest BCUT2D eigenvalue weighted by Crippen LogP contribution is 2.46. The van der Waals surface area contributed by atoms with E-state index in [4.69, 9.17) is 9.47 Å². The molecule has 174 valence electrons. The Hall–Kier alpha value is -3.76. The van der Waals surface area contributed by atoms with Gasteiger partial charge in [-0.3, -0.25) is 9.36 Å². The zero-order valence-corrected chi connectivity index (χ0v) is 19.5. The summed E-state index contributed by atoms with van der Waals surface area (Å²) in [5.74, 6) is 1.07. The van der Waals surface area contributed by atoms with E-state index in [1.54, 1.807) is 32.0 Å². The molecule has 3 heterocycles. The minimum Gasteiger partial charge on any atom is -0.496 e. The van der Waals surface area contributed by atoms with Gasteiger partial charge in [-0.05, 0) is 55.8 Å². The molecule has 0 atom stereocenters. The second-order valence-corrected chi connectivity index (χ2v) is 9.38. The van der Waals surface area contributed by atoms with Crippen molar-refractivity contribution in [2.45, 2.75) is 37.9 Å². The largest absolute Gasteiger partial charge is 0.496 e. The van der Waals surface area contributed by atoms with Gasteiger partial charge >= 0.3 is 0 Å². The molecule has 0 aliphatic carbocycles. The first-order valence-electron chi connectivity index (χ1n) is 11.4. The summed E-state index contributed by atoms with van der Waals surface area (Å²) < 4.78 is 14.0. The van der Waals surface area contributed by atoms with Crippen molar-refractivity contribution >= 4 is 5.91 Å². The lowest BCUT2D eigenvalue weighted by atomic mass is 9.86. The minimum atomic E-state index is -1.03. The summed E-state index contributed by atoms with van der Waals surface area (Å²) >= 11 is 0. The van der Waals surface area contributed by atoms with Crippen molar-refractivity contribution in [2.75, 3.05) is 20.2 Å². The van der Waals surface area contributed by atoms with E-state index >= 15 is 0 Å². The quantitative estimate of drug-likeness (QED) is 0.640. The number of rotatable bonds is 3. The topological polar surface area (TPSA) is 87.7 Å². The predicted octanol–water partition coefficient (Wildman–Crippen LogP) is 4.11. The van der Waals surface area contributed by atoms with Crippen molar-refractivity contribution < 1.29 is 19.4 Å². The van der Waals surface area contributed by atoms with Crippen LogP contribution in [-0.2, 0) is 11.2 Å². The smallest absolute Gasteiger partial charge is 0.257 e.